The van der Waals surface area contributed by atoms with Gasteiger partial charge in [-0.05, 0) is 41.6 Å². The average molecular weight is 340 g/mol. The number of thiophene rings is 1. The van der Waals surface area contributed by atoms with E-state index < -0.39 is 11.7 Å². The van der Waals surface area contributed by atoms with Crippen molar-refractivity contribution in [2.75, 3.05) is 0 Å². The summed E-state index contributed by atoms with van der Waals surface area (Å²) in [5, 5.41) is 3.67. The zero-order valence-corrected chi connectivity index (χ0v) is 13.1. The van der Waals surface area contributed by atoms with Gasteiger partial charge in [0.1, 0.15) is 6.04 Å². The van der Waals surface area contributed by atoms with Crippen LogP contribution in [0.2, 0.25) is 0 Å². The number of nitrogens with two attached hydrogens (primary N) is 1. The Morgan fingerprint density at radius 3 is 2.48 bits per heavy atom. The summed E-state index contributed by atoms with van der Waals surface area (Å²) in [5.41, 5.74) is 6.95. The highest BCUT2D eigenvalue weighted by Crippen LogP contribution is 2.36. The van der Waals surface area contributed by atoms with Gasteiger partial charge in [0, 0.05) is 11.0 Å². The molecule has 122 valence electrons. The number of nitrogens with zero attached hydrogens (tertiary/aromatic N) is 1. The van der Waals surface area contributed by atoms with Crippen LogP contribution in [0.15, 0.2) is 47.7 Å². The van der Waals surface area contributed by atoms with Gasteiger partial charge in [-0.1, -0.05) is 12.1 Å². The van der Waals surface area contributed by atoms with Gasteiger partial charge in [-0.2, -0.15) is 13.2 Å². The molecule has 2 aromatic rings. The molecule has 0 bridgehead atoms. The van der Waals surface area contributed by atoms with Crippen molar-refractivity contribution in [3.8, 4) is 0 Å². The highest BCUT2D eigenvalue weighted by Gasteiger charge is 2.31. The molecule has 7 heteroatoms. The van der Waals surface area contributed by atoms with Crippen LogP contribution in [0.3, 0.4) is 0 Å². The summed E-state index contributed by atoms with van der Waals surface area (Å²) in [4.78, 5) is 6.62. The third kappa shape index (κ3) is 3.35. The van der Waals surface area contributed by atoms with Gasteiger partial charge in [-0.15, -0.1) is 16.4 Å². The molecule has 2 N–H and O–H groups in total. The Morgan fingerprint density at radius 2 is 1.91 bits per heavy atom. The predicted molar refractivity (Wildman–Crippen MR) is 82.1 cm³/mol. The van der Waals surface area contributed by atoms with Crippen molar-refractivity contribution in [2.45, 2.75) is 25.7 Å². The van der Waals surface area contributed by atoms with E-state index in [1.165, 1.54) is 12.1 Å². The molecule has 3 rings (SSSR count). The molecule has 1 aliphatic rings. The molecule has 1 unspecified atom stereocenters. The minimum absolute atomic E-state index is 0.128. The quantitative estimate of drug-likeness (QED) is 0.902. The summed E-state index contributed by atoms with van der Waals surface area (Å²) in [6.07, 6.45) is -2.52. The van der Waals surface area contributed by atoms with Crippen LogP contribution in [-0.4, -0.2) is 5.06 Å². The molecule has 1 aromatic heterocycles. The zero-order chi connectivity index (χ0) is 16.6. The van der Waals surface area contributed by atoms with E-state index in [4.69, 9.17) is 10.6 Å². The number of benzene rings is 1. The van der Waals surface area contributed by atoms with Gasteiger partial charge >= 0.3 is 6.18 Å². The third-order valence-corrected chi connectivity index (χ3v) is 4.73. The lowest BCUT2D eigenvalue weighted by atomic mass is 10.1. The third-order valence-electron chi connectivity index (χ3n) is 3.65. The van der Waals surface area contributed by atoms with Crippen molar-refractivity contribution in [1.82, 2.24) is 5.06 Å². The Balaban J connectivity index is 1.78. The molecule has 1 aromatic carbocycles. The first-order valence-corrected chi connectivity index (χ1v) is 7.84. The van der Waals surface area contributed by atoms with Crippen LogP contribution in [0.5, 0.6) is 0 Å². The molecule has 0 amide bonds. The first kappa shape index (κ1) is 15.9. The fraction of sp³-hybridized carbons (Fsp3) is 0.250. The lowest BCUT2D eigenvalue weighted by Crippen LogP contribution is -2.23. The van der Waals surface area contributed by atoms with Crippen molar-refractivity contribution in [3.05, 3.63) is 69.2 Å². The van der Waals surface area contributed by atoms with Crippen LogP contribution in [0.25, 0.3) is 0 Å². The SMILES string of the molecule is Cc1ccsc1C1C=C(N)ON1Cc1ccc(C(F)(F)F)cc1. The molecule has 1 atom stereocenters. The average Bonchev–Trinajstić information content (AvgIpc) is 3.04. The Kier molecular flexibility index (Phi) is 4.08. The van der Waals surface area contributed by atoms with Crippen molar-refractivity contribution >= 4 is 11.3 Å². The molecule has 0 fully saturated rings. The van der Waals surface area contributed by atoms with Crippen LogP contribution < -0.4 is 5.73 Å². The predicted octanol–water partition coefficient (Wildman–Crippen LogP) is 4.36. The van der Waals surface area contributed by atoms with Crippen molar-refractivity contribution in [2.24, 2.45) is 5.73 Å². The Bertz CT molecular complexity index is 722. The topological polar surface area (TPSA) is 38.5 Å². The maximum absolute atomic E-state index is 12.6. The number of aryl methyl sites for hydroxylation is 1. The summed E-state index contributed by atoms with van der Waals surface area (Å²) >= 11 is 1.60. The number of halogens is 3. The molecule has 3 nitrogen and oxygen atoms in total. The summed E-state index contributed by atoms with van der Waals surface area (Å²) in [7, 11) is 0. The van der Waals surface area contributed by atoms with E-state index in [0.717, 1.165) is 28.1 Å². The number of hydrogen-bond donors (Lipinski definition) is 1. The first-order valence-electron chi connectivity index (χ1n) is 6.96. The van der Waals surface area contributed by atoms with Gasteiger partial charge in [0.25, 0.3) is 0 Å². The van der Waals surface area contributed by atoms with E-state index in [-0.39, 0.29) is 6.04 Å². The lowest BCUT2D eigenvalue weighted by molar-refractivity contribution is -0.137. The fourth-order valence-corrected chi connectivity index (χ4v) is 3.46. The number of hydroxylamine groups is 2. The number of alkyl halides is 3. The highest BCUT2D eigenvalue weighted by atomic mass is 32.1. The largest absolute Gasteiger partial charge is 0.416 e. The standard InChI is InChI=1S/C16H15F3N2OS/c1-10-6-7-23-15(10)13-8-14(20)22-21(13)9-11-2-4-12(5-3-11)16(17,18)19/h2-8,13H,9,20H2,1H3. The molecule has 0 saturated heterocycles. The number of hydrogen-bond acceptors (Lipinski definition) is 4. The minimum Gasteiger partial charge on any atom is -0.387 e. The van der Waals surface area contributed by atoms with Gasteiger partial charge in [0.15, 0.2) is 0 Å². The van der Waals surface area contributed by atoms with Crippen LogP contribution in [0.1, 0.15) is 27.6 Å². The molecule has 2 heterocycles. The number of rotatable bonds is 3. The molecular formula is C16H15F3N2OS. The van der Waals surface area contributed by atoms with Crippen molar-refractivity contribution in [3.63, 3.8) is 0 Å². The summed E-state index contributed by atoms with van der Waals surface area (Å²) < 4.78 is 37.8. The maximum atomic E-state index is 12.6. The van der Waals surface area contributed by atoms with E-state index in [1.54, 1.807) is 16.4 Å². The van der Waals surface area contributed by atoms with Crippen molar-refractivity contribution < 1.29 is 18.0 Å². The lowest BCUT2D eigenvalue weighted by Gasteiger charge is -2.22. The minimum atomic E-state index is -4.33. The Morgan fingerprint density at radius 1 is 1.22 bits per heavy atom. The van der Waals surface area contributed by atoms with Crippen LogP contribution in [0.4, 0.5) is 13.2 Å². The molecule has 0 saturated carbocycles. The van der Waals surface area contributed by atoms with Crippen molar-refractivity contribution in [1.29, 1.82) is 0 Å². The van der Waals surface area contributed by atoms with E-state index in [2.05, 4.69) is 0 Å². The Hall–Kier alpha value is -1.99. The first-order chi connectivity index (χ1) is 10.8. The summed E-state index contributed by atoms with van der Waals surface area (Å²) in [6.45, 7) is 2.35. The van der Waals surface area contributed by atoms with Gasteiger partial charge < -0.3 is 10.6 Å². The summed E-state index contributed by atoms with van der Waals surface area (Å²) in [5.74, 6) is 0.301. The van der Waals surface area contributed by atoms with E-state index in [9.17, 15) is 13.2 Å². The van der Waals surface area contributed by atoms with E-state index >= 15 is 0 Å². The maximum Gasteiger partial charge on any atom is 0.416 e. The smallest absolute Gasteiger partial charge is 0.387 e. The van der Waals surface area contributed by atoms with E-state index in [0.29, 0.717) is 12.4 Å². The zero-order valence-electron chi connectivity index (χ0n) is 12.3. The van der Waals surface area contributed by atoms with E-state index in [1.807, 2.05) is 24.4 Å². The molecule has 23 heavy (non-hydrogen) atoms. The molecule has 0 spiro atoms. The second-order valence-electron chi connectivity index (χ2n) is 5.34. The van der Waals surface area contributed by atoms with Gasteiger partial charge in [-0.3, -0.25) is 0 Å². The molecule has 1 aliphatic heterocycles. The molecular weight excluding hydrogens is 325 g/mol. The fourth-order valence-electron chi connectivity index (χ4n) is 2.46. The Labute approximate surface area is 135 Å². The normalized spacial score (nSPS) is 18.8. The summed E-state index contributed by atoms with van der Waals surface area (Å²) in [6, 6.07) is 6.95. The van der Waals surface area contributed by atoms with Gasteiger partial charge in [-0.25, -0.2) is 0 Å². The molecule has 0 radical (unpaired) electrons. The van der Waals surface area contributed by atoms with Crippen LogP contribution >= 0.6 is 11.3 Å². The van der Waals surface area contributed by atoms with Crippen LogP contribution in [-0.2, 0) is 17.6 Å². The molecule has 0 aliphatic carbocycles. The second-order valence-corrected chi connectivity index (χ2v) is 6.29. The monoisotopic (exact) mass is 340 g/mol. The highest BCUT2D eigenvalue weighted by molar-refractivity contribution is 7.10. The second kappa shape index (κ2) is 5.90. The van der Waals surface area contributed by atoms with Gasteiger partial charge in [0.2, 0.25) is 5.88 Å². The van der Waals surface area contributed by atoms with Crippen LogP contribution in [0, 0.1) is 6.92 Å². The van der Waals surface area contributed by atoms with Gasteiger partial charge in [0.05, 0.1) is 12.1 Å².